The summed E-state index contributed by atoms with van der Waals surface area (Å²) in [7, 11) is 0. The minimum absolute atomic E-state index is 0.306. The Kier molecular flexibility index (Phi) is 9.55. The number of hydrogen-bond acceptors (Lipinski definition) is 2. The number of rotatable bonds is 9. The summed E-state index contributed by atoms with van der Waals surface area (Å²) in [5.41, 5.74) is 15.0. The molecule has 1 aliphatic carbocycles. The molecule has 0 heterocycles. The summed E-state index contributed by atoms with van der Waals surface area (Å²) >= 11 is 0. The zero-order valence-corrected chi connectivity index (χ0v) is 32.4. The van der Waals surface area contributed by atoms with Crippen LogP contribution in [-0.2, 0) is 6.42 Å². The van der Waals surface area contributed by atoms with Crippen LogP contribution >= 0.6 is 0 Å². The SMILES string of the molecule is C/C=C\c1c(CC)c(-c2c3c(c(N(c4ccccc4)c4ccccc4)c4ccccc24)C=CCC3C)c2ccccc2c1N(c1ccccc1)c1ccccc1. The molecule has 8 aromatic carbocycles. The quantitative estimate of drug-likeness (QED) is 0.146. The zero-order chi connectivity index (χ0) is 38.0. The van der Waals surface area contributed by atoms with Gasteiger partial charge in [-0.3, -0.25) is 0 Å². The molecule has 1 aliphatic rings. The molecule has 0 bridgehead atoms. The standard InChI is InChI=1S/C54H46N2/c1-4-23-46-43(5-2)51(44-33-18-20-35-47(44)53(46)55(39-25-10-6-11-26-39)40-27-12-7-13-28-40)52-45-34-19-21-36-48(45)54(49-37-22-24-38(3)50(49)52)56(41-29-14-8-15-30-41)42-31-16-9-17-32-42/h4,6-23,25-38H,5,24H2,1-3H3/b23-4-. The van der Waals surface area contributed by atoms with Gasteiger partial charge in [-0.05, 0) is 107 Å². The first-order chi connectivity index (χ1) is 27.7. The second kappa shape index (κ2) is 15.2. The number of hydrogen-bond donors (Lipinski definition) is 0. The molecule has 2 heteroatoms. The maximum absolute atomic E-state index is 2.47. The summed E-state index contributed by atoms with van der Waals surface area (Å²) in [6.45, 7) is 6.90. The molecule has 0 saturated carbocycles. The highest BCUT2D eigenvalue weighted by Gasteiger charge is 2.32. The lowest BCUT2D eigenvalue weighted by Crippen LogP contribution is -2.16. The Balaban J connectivity index is 1.44. The van der Waals surface area contributed by atoms with Crippen LogP contribution in [0.5, 0.6) is 0 Å². The Bertz CT molecular complexity index is 2630. The monoisotopic (exact) mass is 722 g/mol. The Hall–Kier alpha value is -6.64. The second-order valence-corrected chi connectivity index (χ2v) is 14.7. The molecule has 272 valence electrons. The molecule has 1 atom stereocenters. The maximum atomic E-state index is 2.47. The van der Waals surface area contributed by atoms with E-state index in [1.165, 1.54) is 66.3 Å². The fourth-order valence-electron chi connectivity index (χ4n) is 9.01. The number of benzene rings is 8. The van der Waals surface area contributed by atoms with E-state index in [2.05, 4.69) is 225 Å². The van der Waals surface area contributed by atoms with Crippen molar-refractivity contribution < 1.29 is 0 Å². The first kappa shape index (κ1) is 35.1. The van der Waals surface area contributed by atoms with Crippen LogP contribution in [0.2, 0.25) is 0 Å². The first-order valence-corrected chi connectivity index (χ1v) is 20.0. The predicted octanol–water partition coefficient (Wildman–Crippen LogP) is 15.7. The van der Waals surface area contributed by atoms with Gasteiger partial charge in [0.15, 0.2) is 0 Å². The van der Waals surface area contributed by atoms with Gasteiger partial charge in [-0.25, -0.2) is 0 Å². The van der Waals surface area contributed by atoms with Crippen LogP contribution in [0.1, 0.15) is 55.4 Å². The molecule has 0 saturated heterocycles. The summed E-state index contributed by atoms with van der Waals surface area (Å²) in [6, 6.07) is 61.6. The van der Waals surface area contributed by atoms with Crippen LogP contribution in [-0.4, -0.2) is 0 Å². The molecule has 2 nitrogen and oxygen atoms in total. The van der Waals surface area contributed by atoms with Crippen molar-refractivity contribution in [3.63, 3.8) is 0 Å². The lowest BCUT2D eigenvalue weighted by Gasteiger charge is -2.35. The summed E-state index contributed by atoms with van der Waals surface area (Å²) in [4.78, 5) is 4.93. The van der Waals surface area contributed by atoms with Crippen LogP contribution in [0, 0.1) is 0 Å². The van der Waals surface area contributed by atoms with Crippen molar-refractivity contribution in [3.05, 3.63) is 204 Å². The number of anilines is 6. The fourth-order valence-corrected chi connectivity index (χ4v) is 9.01. The van der Waals surface area contributed by atoms with E-state index in [1.54, 1.807) is 0 Å². The molecule has 0 radical (unpaired) electrons. The summed E-state index contributed by atoms with van der Waals surface area (Å²) in [6.07, 6.45) is 11.2. The van der Waals surface area contributed by atoms with Crippen LogP contribution in [0.15, 0.2) is 182 Å². The predicted molar refractivity (Wildman–Crippen MR) is 242 cm³/mol. The van der Waals surface area contributed by atoms with Crippen LogP contribution in [0.25, 0.3) is 44.8 Å². The Morgan fingerprint density at radius 3 is 1.39 bits per heavy atom. The van der Waals surface area contributed by atoms with Crippen LogP contribution in [0.3, 0.4) is 0 Å². The third kappa shape index (κ3) is 5.99. The average molecular weight is 723 g/mol. The van der Waals surface area contributed by atoms with E-state index in [1.807, 2.05) is 0 Å². The average Bonchev–Trinajstić information content (AvgIpc) is 3.26. The van der Waals surface area contributed by atoms with E-state index in [-0.39, 0.29) is 0 Å². The molecule has 8 aromatic rings. The lowest BCUT2D eigenvalue weighted by atomic mass is 9.75. The smallest absolute Gasteiger partial charge is 0.0615 e. The van der Waals surface area contributed by atoms with Gasteiger partial charge in [-0.15, -0.1) is 0 Å². The molecule has 0 N–H and O–H groups in total. The normalized spacial score (nSPS) is 13.7. The van der Waals surface area contributed by atoms with E-state index >= 15 is 0 Å². The van der Waals surface area contributed by atoms with Gasteiger partial charge in [-0.1, -0.05) is 159 Å². The molecular weight excluding hydrogens is 677 g/mol. The van der Waals surface area contributed by atoms with E-state index in [9.17, 15) is 0 Å². The Morgan fingerprint density at radius 1 is 0.518 bits per heavy atom. The minimum Gasteiger partial charge on any atom is -0.309 e. The summed E-state index contributed by atoms with van der Waals surface area (Å²) in [5.74, 6) is 0.306. The van der Waals surface area contributed by atoms with Crippen molar-refractivity contribution in [2.24, 2.45) is 0 Å². The van der Waals surface area contributed by atoms with Gasteiger partial charge in [0, 0.05) is 44.6 Å². The van der Waals surface area contributed by atoms with Crippen molar-refractivity contribution >= 4 is 67.8 Å². The number of allylic oxidation sites excluding steroid dienone is 2. The minimum atomic E-state index is 0.306. The lowest BCUT2D eigenvalue weighted by molar-refractivity contribution is 0.775. The topological polar surface area (TPSA) is 6.48 Å². The van der Waals surface area contributed by atoms with Gasteiger partial charge < -0.3 is 9.80 Å². The van der Waals surface area contributed by atoms with E-state index in [0.717, 1.165) is 35.6 Å². The van der Waals surface area contributed by atoms with Crippen LogP contribution in [0.4, 0.5) is 34.1 Å². The van der Waals surface area contributed by atoms with Gasteiger partial charge in [0.2, 0.25) is 0 Å². The van der Waals surface area contributed by atoms with Gasteiger partial charge in [0.25, 0.3) is 0 Å². The number of fused-ring (bicyclic) bond motifs is 3. The molecule has 0 spiro atoms. The first-order valence-electron chi connectivity index (χ1n) is 20.0. The number of nitrogens with zero attached hydrogens (tertiary/aromatic N) is 2. The van der Waals surface area contributed by atoms with Crippen molar-refractivity contribution in [1.29, 1.82) is 0 Å². The molecule has 0 amide bonds. The highest BCUT2D eigenvalue weighted by atomic mass is 15.2. The molecule has 0 aliphatic heterocycles. The molecular formula is C54H46N2. The molecule has 0 aromatic heterocycles. The maximum Gasteiger partial charge on any atom is 0.0615 e. The highest BCUT2D eigenvalue weighted by Crippen LogP contribution is 2.55. The molecule has 0 fully saturated rings. The van der Waals surface area contributed by atoms with E-state index in [4.69, 9.17) is 0 Å². The Morgan fingerprint density at radius 2 is 0.929 bits per heavy atom. The van der Waals surface area contributed by atoms with Crippen molar-refractivity contribution in [2.75, 3.05) is 9.80 Å². The molecule has 56 heavy (non-hydrogen) atoms. The summed E-state index contributed by atoms with van der Waals surface area (Å²) in [5, 5.41) is 5.03. The van der Waals surface area contributed by atoms with Crippen LogP contribution < -0.4 is 9.80 Å². The van der Waals surface area contributed by atoms with Gasteiger partial charge >= 0.3 is 0 Å². The third-order valence-corrected chi connectivity index (χ3v) is 11.3. The van der Waals surface area contributed by atoms with Gasteiger partial charge in [0.05, 0.1) is 11.4 Å². The summed E-state index contributed by atoms with van der Waals surface area (Å²) < 4.78 is 0. The van der Waals surface area contributed by atoms with Crippen molar-refractivity contribution in [2.45, 2.75) is 39.5 Å². The van der Waals surface area contributed by atoms with Crippen molar-refractivity contribution in [1.82, 2.24) is 0 Å². The molecule has 9 rings (SSSR count). The van der Waals surface area contributed by atoms with E-state index < -0.39 is 0 Å². The highest BCUT2D eigenvalue weighted by molar-refractivity contribution is 6.18. The molecule has 1 unspecified atom stereocenters. The third-order valence-electron chi connectivity index (χ3n) is 11.3. The van der Waals surface area contributed by atoms with Gasteiger partial charge in [-0.2, -0.15) is 0 Å². The van der Waals surface area contributed by atoms with Gasteiger partial charge in [0.1, 0.15) is 0 Å². The van der Waals surface area contributed by atoms with E-state index in [0.29, 0.717) is 5.92 Å². The largest absolute Gasteiger partial charge is 0.309 e. The number of para-hydroxylation sites is 4. The fraction of sp³-hybridized carbons (Fsp3) is 0.111. The second-order valence-electron chi connectivity index (χ2n) is 14.7. The van der Waals surface area contributed by atoms with Crippen molar-refractivity contribution in [3.8, 4) is 11.1 Å². The zero-order valence-electron chi connectivity index (χ0n) is 32.4. The Labute approximate surface area is 331 Å².